The van der Waals surface area contributed by atoms with E-state index in [-0.39, 0.29) is 10.8 Å². The molecule has 2 aromatic heterocycles. The fourth-order valence-electron chi connectivity index (χ4n) is 8.40. The maximum atomic E-state index is 14.7. The van der Waals surface area contributed by atoms with Gasteiger partial charge in [-0.2, -0.15) is 13.2 Å². The summed E-state index contributed by atoms with van der Waals surface area (Å²) >= 11 is 0. The van der Waals surface area contributed by atoms with Crippen molar-refractivity contribution in [1.82, 2.24) is 14.5 Å². The summed E-state index contributed by atoms with van der Waals surface area (Å²) in [5.41, 5.74) is 12.0. The van der Waals surface area contributed by atoms with Crippen molar-refractivity contribution in [3.05, 3.63) is 186 Å². The van der Waals surface area contributed by atoms with Crippen molar-refractivity contribution >= 4 is 21.8 Å². The number of fused-ring (bicyclic) bond motifs is 3. The molecule has 62 heavy (non-hydrogen) atoms. The molecule has 2 heterocycles. The standard InChI is InChI=1S/C56H48F3N3/c1-35-16-14-21-38(28-35)44-30-40(49-34-48(36-17-10-8-11-18-36)60-53(61-49)37-19-12-9-13-20-37)31-45(39-22-15-23-43(29-39)56(57,58)59)52(44)62-50-26-24-41(54(2,3)4)32-46(50)47-33-42(55(5,6)7)25-27-51(47)62/h8-34H,1-7H3. The third kappa shape index (κ3) is 7.70. The largest absolute Gasteiger partial charge is 0.416 e. The predicted molar refractivity (Wildman–Crippen MR) is 251 cm³/mol. The van der Waals surface area contributed by atoms with Gasteiger partial charge >= 0.3 is 6.18 Å². The van der Waals surface area contributed by atoms with Gasteiger partial charge in [-0.1, -0.05) is 156 Å². The summed E-state index contributed by atoms with van der Waals surface area (Å²) in [6.07, 6.45) is -4.55. The molecule has 9 aromatic rings. The van der Waals surface area contributed by atoms with E-state index in [1.54, 1.807) is 6.07 Å². The third-order valence-corrected chi connectivity index (χ3v) is 11.8. The van der Waals surface area contributed by atoms with Crippen LogP contribution in [0, 0.1) is 6.92 Å². The van der Waals surface area contributed by atoms with Crippen molar-refractivity contribution in [2.75, 3.05) is 0 Å². The van der Waals surface area contributed by atoms with E-state index in [1.165, 1.54) is 23.3 Å². The van der Waals surface area contributed by atoms with E-state index < -0.39 is 11.7 Å². The van der Waals surface area contributed by atoms with Crippen LogP contribution in [0.3, 0.4) is 0 Å². The zero-order chi connectivity index (χ0) is 43.6. The maximum Gasteiger partial charge on any atom is 0.416 e. The van der Waals surface area contributed by atoms with Gasteiger partial charge in [0.05, 0.1) is 33.7 Å². The molecular weight excluding hydrogens is 772 g/mol. The van der Waals surface area contributed by atoms with Crippen LogP contribution >= 0.6 is 0 Å². The van der Waals surface area contributed by atoms with Crippen LogP contribution in [0.25, 0.3) is 83.6 Å². The minimum absolute atomic E-state index is 0.115. The molecule has 0 saturated carbocycles. The molecular formula is C56H48F3N3. The predicted octanol–water partition coefficient (Wildman–Crippen LogP) is 15.8. The number of aryl methyl sites for hydroxylation is 1. The summed E-state index contributed by atoms with van der Waals surface area (Å²) in [7, 11) is 0. The Kier molecular flexibility index (Phi) is 10.0. The van der Waals surface area contributed by atoms with Crippen LogP contribution in [0.4, 0.5) is 13.2 Å². The Bertz CT molecular complexity index is 3000. The van der Waals surface area contributed by atoms with Crippen molar-refractivity contribution in [1.29, 1.82) is 0 Å². The number of halogens is 3. The van der Waals surface area contributed by atoms with Gasteiger partial charge in [-0.05, 0) is 94.6 Å². The molecule has 0 N–H and O–H groups in total. The number of aromatic nitrogens is 3. The van der Waals surface area contributed by atoms with E-state index in [2.05, 4.69) is 114 Å². The van der Waals surface area contributed by atoms with Crippen molar-refractivity contribution < 1.29 is 13.2 Å². The Hall–Kier alpha value is -6.79. The minimum Gasteiger partial charge on any atom is -0.308 e. The van der Waals surface area contributed by atoms with E-state index in [0.717, 1.165) is 72.6 Å². The summed E-state index contributed by atoms with van der Waals surface area (Å²) in [5.74, 6) is 0.551. The Morgan fingerprint density at radius 3 is 1.42 bits per heavy atom. The topological polar surface area (TPSA) is 30.7 Å². The summed E-state index contributed by atoms with van der Waals surface area (Å²) in [5, 5.41) is 2.17. The van der Waals surface area contributed by atoms with Crippen LogP contribution in [-0.2, 0) is 17.0 Å². The van der Waals surface area contributed by atoms with E-state index in [1.807, 2.05) is 78.9 Å². The minimum atomic E-state index is -4.55. The lowest BCUT2D eigenvalue weighted by molar-refractivity contribution is -0.137. The number of rotatable bonds is 6. The Morgan fingerprint density at radius 2 is 0.903 bits per heavy atom. The van der Waals surface area contributed by atoms with Crippen molar-refractivity contribution in [3.63, 3.8) is 0 Å². The molecule has 0 aliphatic rings. The van der Waals surface area contributed by atoms with Gasteiger partial charge in [0.1, 0.15) is 0 Å². The highest BCUT2D eigenvalue weighted by molar-refractivity contribution is 6.11. The lowest BCUT2D eigenvalue weighted by Crippen LogP contribution is -2.10. The zero-order valence-corrected chi connectivity index (χ0v) is 36.1. The van der Waals surface area contributed by atoms with Gasteiger partial charge in [-0.3, -0.25) is 0 Å². The molecule has 0 unspecified atom stereocenters. The highest BCUT2D eigenvalue weighted by Gasteiger charge is 2.32. The first-order chi connectivity index (χ1) is 29.5. The second kappa shape index (κ2) is 15.3. The summed E-state index contributed by atoms with van der Waals surface area (Å²) in [6.45, 7) is 15.4. The first-order valence-electron chi connectivity index (χ1n) is 21.1. The van der Waals surface area contributed by atoms with Crippen molar-refractivity contribution in [2.24, 2.45) is 0 Å². The Balaban J connectivity index is 1.45. The molecule has 0 spiro atoms. The molecule has 0 fully saturated rings. The monoisotopic (exact) mass is 819 g/mol. The quantitative estimate of drug-likeness (QED) is 0.167. The SMILES string of the molecule is Cc1cccc(-c2cc(-c3cc(-c4ccccc4)nc(-c4ccccc4)n3)cc(-c3cccc(C(F)(F)F)c3)c2-n2c3ccc(C(C)(C)C)cc3c3cc(C(C)(C)C)ccc32)c1. The fraction of sp³-hybridized carbons (Fsp3) is 0.179. The van der Waals surface area contributed by atoms with Crippen LogP contribution in [0.15, 0.2) is 164 Å². The first-order valence-corrected chi connectivity index (χ1v) is 21.1. The van der Waals surface area contributed by atoms with E-state index in [4.69, 9.17) is 9.97 Å². The van der Waals surface area contributed by atoms with Gasteiger partial charge in [0.2, 0.25) is 0 Å². The highest BCUT2D eigenvalue weighted by atomic mass is 19.4. The second-order valence-corrected chi connectivity index (χ2v) is 18.4. The smallest absolute Gasteiger partial charge is 0.308 e. The molecule has 0 saturated heterocycles. The molecule has 7 aromatic carbocycles. The number of benzene rings is 7. The molecule has 9 rings (SSSR count). The molecule has 0 atom stereocenters. The number of hydrogen-bond acceptors (Lipinski definition) is 2. The van der Waals surface area contributed by atoms with Crippen LogP contribution in [0.1, 0.15) is 63.8 Å². The van der Waals surface area contributed by atoms with Gasteiger partial charge in [-0.15, -0.1) is 0 Å². The molecule has 3 nitrogen and oxygen atoms in total. The van der Waals surface area contributed by atoms with Gasteiger partial charge in [0, 0.05) is 38.6 Å². The number of hydrogen-bond donors (Lipinski definition) is 0. The van der Waals surface area contributed by atoms with Crippen LogP contribution in [0.5, 0.6) is 0 Å². The Morgan fingerprint density at radius 1 is 0.419 bits per heavy atom. The van der Waals surface area contributed by atoms with Crippen molar-refractivity contribution in [2.45, 2.75) is 65.5 Å². The van der Waals surface area contributed by atoms with E-state index >= 15 is 0 Å². The summed E-state index contributed by atoms with van der Waals surface area (Å²) in [6, 6.07) is 53.3. The summed E-state index contributed by atoms with van der Waals surface area (Å²) in [4.78, 5) is 10.2. The number of nitrogens with zero attached hydrogens (tertiary/aromatic N) is 3. The zero-order valence-electron chi connectivity index (χ0n) is 36.1. The maximum absolute atomic E-state index is 14.7. The summed E-state index contributed by atoms with van der Waals surface area (Å²) < 4.78 is 46.3. The molecule has 6 heteroatoms. The van der Waals surface area contributed by atoms with Gasteiger partial charge < -0.3 is 4.57 Å². The van der Waals surface area contributed by atoms with Crippen LogP contribution < -0.4 is 0 Å². The average Bonchev–Trinajstić information content (AvgIpc) is 3.58. The van der Waals surface area contributed by atoms with Gasteiger partial charge in [0.15, 0.2) is 5.82 Å². The Labute approximate surface area is 361 Å². The molecule has 308 valence electrons. The van der Waals surface area contributed by atoms with Crippen LogP contribution in [0.2, 0.25) is 0 Å². The van der Waals surface area contributed by atoms with Crippen molar-refractivity contribution in [3.8, 4) is 61.8 Å². The van der Waals surface area contributed by atoms with Gasteiger partial charge in [0.25, 0.3) is 0 Å². The molecule has 0 amide bonds. The molecule has 0 radical (unpaired) electrons. The molecule has 0 bridgehead atoms. The second-order valence-electron chi connectivity index (χ2n) is 18.4. The normalized spacial score (nSPS) is 12.4. The average molecular weight is 820 g/mol. The first kappa shape index (κ1) is 40.6. The molecule has 0 aliphatic heterocycles. The highest BCUT2D eigenvalue weighted by Crippen LogP contribution is 2.46. The lowest BCUT2D eigenvalue weighted by atomic mass is 9.85. The molecule has 0 aliphatic carbocycles. The lowest BCUT2D eigenvalue weighted by Gasteiger charge is -2.23. The van der Waals surface area contributed by atoms with Crippen LogP contribution in [-0.4, -0.2) is 14.5 Å². The van der Waals surface area contributed by atoms with E-state index in [0.29, 0.717) is 22.6 Å². The van der Waals surface area contributed by atoms with E-state index in [9.17, 15) is 13.2 Å². The number of alkyl halides is 3. The van der Waals surface area contributed by atoms with Gasteiger partial charge in [-0.25, -0.2) is 9.97 Å². The third-order valence-electron chi connectivity index (χ3n) is 11.8. The fourth-order valence-corrected chi connectivity index (χ4v) is 8.40.